The first-order valence-corrected chi connectivity index (χ1v) is 13.4. The van der Waals surface area contributed by atoms with E-state index in [1.54, 1.807) is 41.5 Å². The van der Waals surface area contributed by atoms with Crippen molar-refractivity contribution in [1.82, 2.24) is 0 Å². The second-order valence-electron chi connectivity index (χ2n) is 15.5. The van der Waals surface area contributed by atoms with Gasteiger partial charge in [0.2, 0.25) is 0 Å². The second-order valence-corrected chi connectivity index (χ2v) is 15.5. The zero-order valence-electron chi connectivity index (χ0n) is 28.3. The Labute approximate surface area is 279 Å². The van der Waals surface area contributed by atoms with Gasteiger partial charge in [-0.3, -0.25) is 14.4 Å². The van der Waals surface area contributed by atoms with E-state index in [1.165, 1.54) is 0 Å². The monoisotopic (exact) mass is 690 g/mol. The molecule has 6 nitrogen and oxygen atoms in total. The van der Waals surface area contributed by atoms with Crippen LogP contribution in [0.2, 0.25) is 0 Å². The van der Waals surface area contributed by atoms with Gasteiger partial charge in [0.1, 0.15) is 34.7 Å². The number of Topliss-reactive ketones (excluding diaryl/α,β-unsaturated/α-hetero) is 6. The van der Waals surface area contributed by atoms with Gasteiger partial charge in [-0.2, -0.15) is 0 Å². The summed E-state index contributed by atoms with van der Waals surface area (Å²) < 4.78 is 0. The molecule has 0 bridgehead atoms. The molecule has 228 valence electrons. The minimum absolute atomic E-state index is 0. The molecule has 0 saturated heterocycles. The van der Waals surface area contributed by atoms with E-state index in [0.717, 1.165) is 0 Å². The average Bonchev–Trinajstić information content (AvgIpc) is 2.64. The van der Waals surface area contributed by atoms with Crippen molar-refractivity contribution < 1.29 is 70.1 Å². The number of rotatable bonds is 9. The molecule has 0 aliphatic rings. The first kappa shape index (κ1) is 46.3. The molecule has 0 spiro atoms. The van der Waals surface area contributed by atoms with E-state index < -0.39 is 32.5 Å². The first-order chi connectivity index (χ1) is 16.6. The zero-order chi connectivity index (χ0) is 32.6. The number of ketones is 6. The molecule has 40 heavy (non-hydrogen) atoms. The molecular formula is C33H57O6Pr. The summed E-state index contributed by atoms with van der Waals surface area (Å²) in [5.74, 6) is -0.329. The van der Waals surface area contributed by atoms with E-state index in [-0.39, 0.29) is 95.3 Å². The third-order valence-corrected chi connectivity index (χ3v) is 5.74. The van der Waals surface area contributed by atoms with Crippen LogP contribution in [-0.4, -0.2) is 34.7 Å². The average molecular weight is 691 g/mol. The molecule has 7 heteroatoms. The molecule has 0 rings (SSSR count). The Morgan fingerprint density at radius 2 is 0.475 bits per heavy atom. The summed E-state index contributed by atoms with van der Waals surface area (Å²) in [4.78, 5) is 68.7. The fourth-order valence-electron chi connectivity index (χ4n) is 1.95. The third-order valence-electron chi connectivity index (χ3n) is 5.74. The zero-order valence-corrected chi connectivity index (χ0v) is 32.0. The van der Waals surface area contributed by atoms with Crippen LogP contribution in [0.25, 0.3) is 0 Å². The molecule has 0 aliphatic heterocycles. The molecule has 0 amide bonds. The maximum absolute atomic E-state index is 11.5. The van der Waals surface area contributed by atoms with Gasteiger partial charge in [0, 0.05) is 16.2 Å². The van der Waals surface area contributed by atoms with Crippen molar-refractivity contribution in [3.05, 3.63) is 20.8 Å². The smallest absolute Gasteiger partial charge is 0.331 e. The van der Waals surface area contributed by atoms with Gasteiger partial charge in [-0.1, -0.05) is 104 Å². The van der Waals surface area contributed by atoms with Gasteiger partial charge in [-0.15, -0.1) is 16.2 Å². The predicted molar refractivity (Wildman–Crippen MR) is 160 cm³/mol. The second kappa shape index (κ2) is 16.9. The van der Waals surface area contributed by atoms with Crippen LogP contribution in [0.4, 0.5) is 0 Å². The van der Waals surface area contributed by atoms with E-state index in [2.05, 4.69) is 20.8 Å². The van der Waals surface area contributed by atoms with E-state index in [0.29, 0.717) is 0 Å². The molecule has 0 saturated carbocycles. The number of hydrogen-bond acceptors (Lipinski definition) is 6. The van der Waals surface area contributed by atoms with Crippen LogP contribution in [0.3, 0.4) is 0 Å². The van der Waals surface area contributed by atoms with Gasteiger partial charge in [0.25, 0.3) is 0 Å². The molecule has 0 aliphatic carbocycles. The van der Waals surface area contributed by atoms with E-state index >= 15 is 0 Å². The van der Waals surface area contributed by atoms with Crippen LogP contribution >= 0.6 is 0 Å². The van der Waals surface area contributed by atoms with Crippen molar-refractivity contribution in [2.75, 3.05) is 0 Å². The normalized spacial score (nSPS) is 12.4. The van der Waals surface area contributed by atoms with Gasteiger partial charge >= 0.3 is 41.3 Å². The Morgan fingerprint density at radius 3 is 0.550 bits per heavy atom. The first-order valence-electron chi connectivity index (χ1n) is 13.4. The Bertz CT molecular complexity index is 693. The minimum Gasteiger partial charge on any atom is -0.331 e. The summed E-state index contributed by atoms with van der Waals surface area (Å²) in [6.07, 6.45) is -0.000000000000000666. The van der Waals surface area contributed by atoms with Crippen LogP contribution in [0, 0.1) is 94.6 Å². The van der Waals surface area contributed by atoms with Gasteiger partial charge in [0.15, 0.2) is 0 Å². The summed E-state index contributed by atoms with van der Waals surface area (Å²) >= 11 is 0. The standard InChI is InChI=1S/3C11H19O2.Pr/c3*1-10(2,3)8(12)7-9(13)11(4,5)6;/h3*1,7H2,2-6H3;/q3*-1;+3. The topological polar surface area (TPSA) is 102 Å². The molecule has 0 aromatic rings. The van der Waals surface area contributed by atoms with E-state index in [1.807, 2.05) is 62.3 Å². The van der Waals surface area contributed by atoms with Crippen LogP contribution in [-0.2, 0) is 28.8 Å². The summed E-state index contributed by atoms with van der Waals surface area (Å²) in [7, 11) is 0. The maximum atomic E-state index is 11.5. The summed E-state index contributed by atoms with van der Waals surface area (Å²) in [6.45, 7) is 37.8. The molecule has 0 fully saturated rings. The van der Waals surface area contributed by atoms with Gasteiger partial charge < -0.3 is 35.2 Å². The summed E-state index contributed by atoms with van der Waals surface area (Å²) in [5, 5.41) is 0. The quantitative estimate of drug-likeness (QED) is 0.186. The SMILES string of the molecule is [CH2-]C(C)(C)C(=O)CC(=O)C(C)(C)C.[CH2-]C(C)(C)C(=O)CC(=O)C(C)(C)C.[CH2-]C(C)(C)C(=O)CC(=O)C(C)(C)C.[Pr+3]. The largest absolute Gasteiger partial charge is 3.00 e. The molecule has 0 radical (unpaired) electrons. The molecule has 0 aromatic heterocycles. The van der Waals surface area contributed by atoms with Gasteiger partial charge in [-0.25, -0.2) is 0 Å². The van der Waals surface area contributed by atoms with Crippen molar-refractivity contribution in [2.24, 2.45) is 32.5 Å². The van der Waals surface area contributed by atoms with Crippen molar-refractivity contribution in [3.63, 3.8) is 0 Å². The van der Waals surface area contributed by atoms with E-state index in [4.69, 9.17) is 0 Å². The molecule has 0 aromatic carbocycles. The Hall–Kier alpha value is -0.616. The summed E-state index contributed by atoms with van der Waals surface area (Å²) in [5.41, 5.74) is -3.24. The molecule has 0 N–H and O–H groups in total. The van der Waals surface area contributed by atoms with Crippen LogP contribution in [0.1, 0.15) is 123 Å². The number of carbonyl (C=O) groups is 6. The van der Waals surface area contributed by atoms with Crippen molar-refractivity contribution in [2.45, 2.75) is 123 Å². The molecular weight excluding hydrogens is 633 g/mol. The van der Waals surface area contributed by atoms with Crippen molar-refractivity contribution >= 4 is 34.7 Å². The number of hydrogen-bond donors (Lipinski definition) is 0. The minimum atomic E-state index is -0.652. The fourth-order valence-corrected chi connectivity index (χ4v) is 1.95. The number of carbonyl (C=O) groups excluding carboxylic acids is 6. The van der Waals surface area contributed by atoms with Crippen LogP contribution in [0.5, 0.6) is 0 Å². The molecule has 0 unspecified atom stereocenters. The van der Waals surface area contributed by atoms with Crippen molar-refractivity contribution in [3.8, 4) is 0 Å². The predicted octanol–water partition coefficient (Wildman–Crippen LogP) is 7.26. The van der Waals surface area contributed by atoms with Crippen LogP contribution < -0.4 is 0 Å². The van der Waals surface area contributed by atoms with Crippen LogP contribution in [0.15, 0.2) is 0 Å². The van der Waals surface area contributed by atoms with Gasteiger partial charge in [-0.05, 0) is 0 Å². The summed E-state index contributed by atoms with van der Waals surface area (Å²) in [6, 6.07) is 0. The fraction of sp³-hybridized carbons (Fsp3) is 0.727. The molecule has 0 heterocycles. The molecule has 0 atom stereocenters. The Kier molecular flexibility index (Phi) is 19.5. The van der Waals surface area contributed by atoms with E-state index in [9.17, 15) is 28.8 Å². The maximum Gasteiger partial charge on any atom is 3.00 e. The third kappa shape index (κ3) is 22.0. The van der Waals surface area contributed by atoms with Crippen molar-refractivity contribution in [1.29, 1.82) is 0 Å². The Balaban J connectivity index is -0.000000240. The Morgan fingerprint density at radius 1 is 0.350 bits per heavy atom. The van der Waals surface area contributed by atoms with Gasteiger partial charge in [0.05, 0.1) is 19.3 Å².